The zero-order valence-electron chi connectivity index (χ0n) is 10.4. The van der Waals surface area contributed by atoms with E-state index in [4.69, 9.17) is 4.74 Å². The molecule has 0 unspecified atom stereocenters. The first kappa shape index (κ1) is 13.6. The molecule has 0 amide bonds. The van der Waals surface area contributed by atoms with E-state index in [-0.39, 0.29) is 0 Å². The highest BCUT2D eigenvalue weighted by atomic mass is 32.2. The molecule has 1 aromatic rings. The average molecular weight is 239 g/mol. The Morgan fingerprint density at radius 2 is 2.19 bits per heavy atom. The van der Waals surface area contributed by atoms with Crippen LogP contribution in [-0.2, 0) is 11.3 Å². The van der Waals surface area contributed by atoms with Crippen molar-refractivity contribution in [2.45, 2.75) is 25.3 Å². The van der Waals surface area contributed by atoms with Crippen LogP contribution in [0.5, 0.6) is 0 Å². The van der Waals surface area contributed by atoms with Gasteiger partial charge < -0.3 is 10.1 Å². The minimum absolute atomic E-state index is 0.808. The normalized spacial score (nSPS) is 10.7. The summed E-state index contributed by atoms with van der Waals surface area (Å²) >= 11 is 1.85. The molecule has 0 aliphatic carbocycles. The predicted octanol–water partition coefficient (Wildman–Crippen LogP) is 2.84. The molecule has 90 valence electrons. The lowest BCUT2D eigenvalue weighted by molar-refractivity contribution is 0.218. The van der Waals surface area contributed by atoms with Gasteiger partial charge in [-0.15, -0.1) is 11.8 Å². The monoisotopic (exact) mass is 239 g/mol. The molecule has 0 heterocycles. The minimum atomic E-state index is 0.808. The third-order valence-corrected chi connectivity index (χ3v) is 3.39. The Morgan fingerprint density at radius 3 is 2.81 bits per heavy atom. The molecule has 0 aromatic heterocycles. The predicted molar refractivity (Wildman–Crippen MR) is 71.2 cm³/mol. The van der Waals surface area contributed by atoms with E-state index in [9.17, 15) is 0 Å². The van der Waals surface area contributed by atoms with E-state index in [0.717, 1.165) is 25.4 Å². The summed E-state index contributed by atoms with van der Waals surface area (Å²) < 4.78 is 5.04. The van der Waals surface area contributed by atoms with Crippen LogP contribution >= 0.6 is 11.8 Å². The zero-order valence-corrected chi connectivity index (χ0v) is 11.2. The topological polar surface area (TPSA) is 21.3 Å². The first-order valence-electron chi connectivity index (χ1n) is 5.70. The third-order valence-electron chi connectivity index (χ3n) is 2.44. The van der Waals surface area contributed by atoms with Crippen molar-refractivity contribution in [3.05, 3.63) is 29.3 Å². The maximum absolute atomic E-state index is 5.04. The van der Waals surface area contributed by atoms with Crippen molar-refractivity contribution in [2.24, 2.45) is 0 Å². The Balaban J connectivity index is 2.53. The van der Waals surface area contributed by atoms with Gasteiger partial charge in [0.05, 0.1) is 6.61 Å². The molecule has 3 heteroatoms. The summed E-state index contributed by atoms with van der Waals surface area (Å²) in [6.45, 7) is 7.09. The van der Waals surface area contributed by atoms with E-state index in [1.165, 1.54) is 16.0 Å². The lowest BCUT2D eigenvalue weighted by Gasteiger charge is -2.08. The molecule has 1 rings (SSSR count). The summed E-state index contributed by atoms with van der Waals surface area (Å²) in [4.78, 5) is 1.33. The van der Waals surface area contributed by atoms with Gasteiger partial charge in [-0.3, -0.25) is 0 Å². The quantitative estimate of drug-likeness (QED) is 0.584. The number of hydrogen-bond acceptors (Lipinski definition) is 3. The largest absolute Gasteiger partial charge is 0.384 e. The molecule has 0 saturated heterocycles. The number of thioether (sulfide) groups is 1. The smallest absolute Gasteiger partial charge is 0.0556 e. The molecular weight excluding hydrogens is 218 g/mol. The van der Waals surface area contributed by atoms with Crippen LogP contribution < -0.4 is 5.32 Å². The molecule has 0 radical (unpaired) electrons. The Morgan fingerprint density at radius 1 is 1.38 bits per heavy atom. The molecule has 0 saturated carbocycles. The fourth-order valence-corrected chi connectivity index (χ4v) is 2.37. The number of ether oxygens (including phenoxy) is 1. The minimum Gasteiger partial charge on any atom is -0.384 e. The van der Waals surface area contributed by atoms with Gasteiger partial charge in [0.25, 0.3) is 0 Å². The molecule has 0 fully saturated rings. The van der Waals surface area contributed by atoms with Crippen molar-refractivity contribution in [1.29, 1.82) is 0 Å². The van der Waals surface area contributed by atoms with Crippen LogP contribution in [-0.4, -0.2) is 26.0 Å². The van der Waals surface area contributed by atoms with Crippen LogP contribution in [0.25, 0.3) is 0 Å². The Bertz CT molecular complexity index is 315. The molecule has 0 atom stereocenters. The number of aryl methyl sites for hydroxylation is 1. The van der Waals surface area contributed by atoms with Crippen molar-refractivity contribution >= 4 is 11.8 Å². The molecule has 0 bridgehead atoms. The third kappa shape index (κ3) is 4.56. The van der Waals surface area contributed by atoms with Crippen molar-refractivity contribution in [3.63, 3.8) is 0 Å². The number of hydrogen-bond donors (Lipinski definition) is 1. The maximum Gasteiger partial charge on any atom is 0.0556 e. The van der Waals surface area contributed by atoms with E-state index in [2.05, 4.69) is 37.4 Å². The molecule has 0 aliphatic heterocycles. The number of methoxy groups -OCH3 is 1. The number of benzene rings is 1. The van der Waals surface area contributed by atoms with Crippen LogP contribution in [0.1, 0.15) is 18.1 Å². The molecular formula is C13H21NOS. The van der Waals surface area contributed by atoms with Gasteiger partial charge in [-0.25, -0.2) is 0 Å². The zero-order chi connectivity index (χ0) is 11.8. The molecule has 2 nitrogen and oxygen atoms in total. The van der Waals surface area contributed by atoms with Crippen molar-refractivity contribution in [2.75, 3.05) is 26.0 Å². The van der Waals surface area contributed by atoms with Crippen LogP contribution in [0.2, 0.25) is 0 Å². The SMILES string of the molecule is CCNCc1ccc(SCCOC)cc1C. The van der Waals surface area contributed by atoms with Crippen LogP contribution in [0.3, 0.4) is 0 Å². The second kappa shape index (κ2) is 7.71. The van der Waals surface area contributed by atoms with Crippen molar-refractivity contribution in [1.82, 2.24) is 5.32 Å². The van der Waals surface area contributed by atoms with Gasteiger partial charge in [0.15, 0.2) is 0 Å². The Hall–Kier alpha value is -0.510. The summed E-state index contributed by atoms with van der Waals surface area (Å²) in [5.74, 6) is 1.02. The molecule has 0 aliphatic rings. The summed E-state index contributed by atoms with van der Waals surface area (Å²) in [5.41, 5.74) is 2.75. The molecule has 16 heavy (non-hydrogen) atoms. The maximum atomic E-state index is 5.04. The molecule has 0 spiro atoms. The number of nitrogens with one attached hydrogen (secondary N) is 1. The highest BCUT2D eigenvalue weighted by Crippen LogP contribution is 2.21. The Kier molecular flexibility index (Phi) is 6.53. The van der Waals surface area contributed by atoms with Crippen LogP contribution in [0, 0.1) is 6.92 Å². The molecule has 1 N–H and O–H groups in total. The fraction of sp³-hybridized carbons (Fsp3) is 0.538. The highest BCUT2D eigenvalue weighted by Gasteiger charge is 2.00. The van der Waals surface area contributed by atoms with Crippen LogP contribution in [0.15, 0.2) is 23.1 Å². The fourth-order valence-electron chi connectivity index (χ4n) is 1.46. The summed E-state index contributed by atoms with van der Waals surface area (Å²) in [5, 5.41) is 3.35. The van der Waals surface area contributed by atoms with E-state index >= 15 is 0 Å². The summed E-state index contributed by atoms with van der Waals surface area (Å²) in [7, 11) is 1.74. The van der Waals surface area contributed by atoms with Crippen molar-refractivity contribution < 1.29 is 4.74 Å². The van der Waals surface area contributed by atoms with E-state index in [0.29, 0.717) is 0 Å². The van der Waals surface area contributed by atoms with Crippen molar-refractivity contribution in [3.8, 4) is 0 Å². The first-order chi connectivity index (χ1) is 7.77. The summed E-state index contributed by atoms with van der Waals surface area (Å²) in [6, 6.07) is 6.67. The van der Waals surface area contributed by atoms with Gasteiger partial charge in [0.1, 0.15) is 0 Å². The van der Waals surface area contributed by atoms with Gasteiger partial charge >= 0.3 is 0 Å². The van der Waals surface area contributed by atoms with E-state index < -0.39 is 0 Å². The Labute approximate surface area is 103 Å². The van der Waals surface area contributed by atoms with Gasteiger partial charge in [0.2, 0.25) is 0 Å². The van der Waals surface area contributed by atoms with E-state index in [1.54, 1.807) is 7.11 Å². The van der Waals surface area contributed by atoms with Gasteiger partial charge in [-0.1, -0.05) is 13.0 Å². The van der Waals surface area contributed by atoms with E-state index in [1.807, 2.05) is 11.8 Å². The average Bonchev–Trinajstić information content (AvgIpc) is 2.28. The molecule has 1 aromatic carbocycles. The van der Waals surface area contributed by atoms with Gasteiger partial charge in [-0.05, 0) is 36.7 Å². The second-order valence-electron chi connectivity index (χ2n) is 3.71. The summed E-state index contributed by atoms with van der Waals surface area (Å²) in [6.07, 6.45) is 0. The van der Waals surface area contributed by atoms with Gasteiger partial charge in [0, 0.05) is 24.3 Å². The number of rotatable bonds is 7. The first-order valence-corrected chi connectivity index (χ1v) is 6.68. The highest BCUT2D eigenvalue weighted by molar-refractivity contribution is 7.99. The second-order valence-corrected chi connectivity index (χ2v) is 4.88. The lowest BCUT2D eigenvalue weighted by atomic mass is 10.1. The van der Waals surface area contributed by atoms with Gasteiger partial charge in [-0.2, -0.15) is 0 Å². The lowest BCUT2D eigenvalue weighted by Crippen LogP contribution is -2.12. The van der Waals surface area contributed by atoms with Crippen LogP contribution in [0.4, 0.5) is 0 Å². The standard InChI is InChI=1S/C13H21NOS/c1-4-14-10-12-5-6-13(9-11(12)2)16-8-7-15-3/h5-6,9,14H,4,7-8,10H2,1-3H3.